The highest BCUT2D eigenvalue weighted by atomic mass is 35.5. The molecule has 0 bridgehead atoms. The molecule has 2 N–H and O–H groups in total. The van der Waals surface area contributed by atoms with Gasteiger partial charge in [-0.05, 0) is 38.4 Å². The van der Waals surface area contributed by atoms with Gasteiger partial charge in [0.2, 0.25) is 0 Å². The van der Waals surface area contributed by atoms with Gasteiger partial charge in [0, 0.05) is 12.1 Å². The Morgan fingerprint density at radius 2 is 2.24 bits per heavy atom. The van der Waals surface area contributed by atoms with E-state index in [1.807, 2.05) is 6.92 Å². The Kier molecular flexibility index (Phi) is 6.04. The zero-order valence-electron chi connectivity index (χ0n) is 11.5. The Morgan fingerprint density at radius 1 is 1.52 bits per heavy atom. The molecule has 1 heterocycles. The fourth-order valence-electron chi connectivity index (χ4n) is 2.37. The molecule has 0 aliphatic carbocycles. The largest absolute Gasteiger partial charge is 0.349 e. The lowest BCUT2D eigenvalue weighted by molar-refractivity contribution is -0.385. The van der Waals surface area contributed by atoms with Crippen molar-refractivity contribution in [1.82, 2.24) is 10.6 Å². The number of nitro groups is 1. The number of hydrogen-bond acceptors (Lipinski definition) is 4. The van der Waals surface area contributed by atoms with E-state index in [1.54, 1.807) is 0 Å². The van der Waals surface area contributed by atoms with E-state index in [0.29, 0.717) is 0 Å². The van der Waals surface area contributed by atoms with Crippen molar-refractivity contribution in [2.45, 2.75) is 31.8 Å². The van der Waals surface area contributed by atoms with Gasteiger partial charge in [0.05, 0.1) is 11.0 Å². The topological polar surface area (TPSA) is 84.3 Å². The second-order valence-electron chi connectivity index (χ2n) is 4.97. The number of nitrogens with zero attached hydrogens (tertiary/aromatic N) is 1. The minimum Gasteiger partial charge on any atom is -0.349 e. The second-order valence-corrected chi connectivity index (χ2v) is 4.97. The third-order valence-electron chi connectivity index (χ3n) is 3.36. The fourth-order valence-corrected chi connectivity index (χ4v) is 2.37. The molecule has 1 aliphatic heterocycles. The lowest BCUT2D eigenvalue weighted by Crippen LogP contribution is -2.46. The molecule has 2 rings (SSSR count). The van der Waals surface area contributed by atoms with Crippen LogP contribution in [0, 0.1) is 15.9 Å². The Balaban J connectivity index is 0.00000220. The first-order valence-electron chi connectivity index (χ1n) is 6.45. The van der Waals surface area contributed by atoms with Crippen molar-refractivity contribution in [3.8, 4) is 0 Å². The average molecular weight is 318 g/mol. The van der Waals surface area contributed by atoms with E-state index in [9.17, 15) is 19.3 Å². The summed E-state index contributed by atoms with van der Waals surface area (Å²) < 4.78 is 13.0. The van der Waals surface area contributed by atoms with Crippen molar-refractivity contribution >= 4 is 24.0 Å². The highest BCUT2D eigenvalue weighted by molar-refractivity contribution is 5.98. The number of amides is 1. The molecule has 0 aromatic heterocycles. The minimum absolute atomic E-state index is 0. The van der Waals surface area contributed by atoms with E-state index in [2.05, 4.69) is 10.6 Å². The van der Waals surface area contributed by atoms with Gasteiger partial charge in [-0.1, -0.05) is 0 Å². The van der Waals surface area contributed by atoms with Crippen LogP contribution >= 0.6 is 12.4 Å². The van der Waals surface area contributed by atoms with Gasteiger partial charge in [0.15, 0.2) is 0 Å². The minimum atomic E-state index is -0.747. The Labute approximate surface area is 127 Å². The van der Waals surface area contributed by atoms with E-state index >= 15 is 0 Å². The second kappa shape index (κ2) is 7.33. The standard InChI is InChI=1S/C13H16FN3O3.ClH/c1-8-6-10(4-5-15-8)16-13(18)11-3-2-9(14)7-12(11)17(19)20;/h2-3,7-8,10,15H,4-6H2,1H3,(H,16,18);1H. The smallest absolute Gasteiger partial charge is 0.285 e. The molecule has 0 saturated carbocycles. The van der Waals surface area contributed by atoms with Crippen molar-refractivity contribution in [2.75, 3.05) is 6.54 Å². The first-order valence-corrected chi connectivity index (χ1v) is 6.45. The summed E-state index contributed by atoms with van der Waals surface area (Å²) in [5.74, 6) is -1.26. The molecule has 1 saturated heterocycles. The molecule has 0 spiro atoms. The third-order valence-corrected chi connectivity index (χ3v) is 3.36. The molecule has 1 fully saturated rings. The summed E-state index contributed by atoms with van der Waals surface area (Å²) in [5.41, 5.74) is -0.618. The number of piperidine rings is 1. The molecular weight excluding hydrogens is 301 g/mol. The molecule has 1 amide bonds. The van der Waals surface area contributed by atoms with E-state index in [4.69, 9.17) is 0 Å². The molecule has 1 aromatic carbocycles. The molecule has 6 nitrogen and oxygen atoms in total. The SMILES string of the molecule is CC1CC(NC(=O)c2ccc(F)cc2[N+](=O)[O-])CCN1.Cl. The molecule has 2 atom stereocenters. The van der Waals surface area contributed by atoms with Crippen LogP contribution < -0.4 is 10.6 Å². The first kappa shape index (κ1) is 17.3. The van der Waals surface area contributed by atoms with Crippen LogP contribution in [-0.2, 0) is 0 Å². The fraction of sp³-hybridized carbons (Fsp3) is 0.462. The average Bonchev–Trinajstić information content (AvgIpc) is 2.38. The summed E-state index contributed by atoms with van der Waals surface area (Å²) in [4.78, 5) is 22.2. The highest BCUT2D eigenvalue weighted by Crippen LogP contribution is 2.20. The van der Waals surface area contributed by atoms with Gasteiger partial charge < -0.3 is 10.6 Å². The summed E-state index contributed by atoms with van der Waals surface area (Å²) >= 11 is 0. The molecule has 21 heavy (non-hydrogen) atoms. The van der Waals surface area contributed by atoms with Crippen molar-refractivity contribution < 1.29 is 14.1 Å². The Morgan fingerprint density at radius 3 is 2.86 bits per heavy atom. The van der Waals surface area contributed by atoms with Gasteiger partial charge >= 0.3 is 0 Å². The molecule has 1 aromatic rings. The number of rotatable bonds is 3. The van der Waals surface area contributed by atoms with Gasteiger partial charge in [0.1, 0.15) is 11.4 Å². The zero-order chi connectivity index (χ0) is 14.7. The molecule has 2 unspecified atom stereocenters. The number of benzene rings is 1. The van der Waals surface area contributed by atoms with Crippen LogP contribution in [-0.4, -0.2) is 29.5 Å². The predicted molar refractivity (Wildman–Crippen MR) is 78.3 cm³/mol. The maximum atomic E-state index is 13.0. The third kappa shape index (κ3) is 4.37. The van der Waals surface area contributed by atoms with Crippen molar-refractivity contribution in [1.29, 1.82) is 0 Å². The number of carbonyl (C=O) groups excluding carboxylic acids is 1. The lowest BCUT2D eigenvalue weighted by Gasteiger charge is -2.28. The zero-order valence-corrected chi connectivity index (χ0v) is 12.3. The number of nitro benzene ring substituents is 1. The van der Waals surface area contributed by atoms with Crippen molar-refractivity contribution in [2.24, 2.45) is 0 Å². The van der Waals surface area contributed by atoms with Gasteiger partial charge in [-0.3, -0.25) is 14.9 Å². The Bertz CT molecular complexity index is 541. The summed E-state index contributed by atoms with van der Waals surface area (Å²) in [6, 6.07) is 3.22. The van der Waals surface area contributed by atoms with Gasteiger partial charge in [-0.15, -0.1) is 12.4 Å². The maximum absolute atomic E-state index is 13.0. The van der Waals surface area contributed by atoms with Crippen LogP contribution in [0.1, 0.15) is 30.1 Å². The summed E-state index contributed by atoms with van der Waals surface area (Å²) in [6.45, 7) is 2.80. The van der Waals surface area contributed by atoms with Crippen LogP contribution in [0.5, 0.6) is 0 Å². The van der Waals surface area contributed by atoms with Gasteiger partial charge in [-0.2, -0.15) is 0 Å². The normalized spacial score (nSPS) is 21.2. The van der Waals surface area contributed by atoms with Crippen molar-refractivity contribution in [3.63, 3.8) is 0 Å². The monoisotopic (exact) mass is 317 g/mol. The molecule has 1 aliphatic rings. The molecule has 8 heteroatoms. The number of hydrogen-bond donors (Lipinski definition) is 2. The van der Waals surface area contributed by atoms with Gasteiger partial charge in [-0.25, -0.2) is 4.39 Å². The molecule has 0 radical (unpaired) electrons. The van der Waals surface area contributed by atoms with Crippen LogP contribution in [0.2, 0.25) is 0 Å². The highest BCUT2D eigenvalue weighted by Gasteiger charge is 2.25. The first-order chi connectivity index (χ1) is 9.47. The Hall–Kier alpha value is -1.73. The summed E-state index contributed by atoms with van der Waals surface area (Å²) in [5, 5.41) is 16.9. The van der Waals surface area contributed by atoms with Crippen molar-refractivity contribution in [3.05, 3.63) is 39.7 Å². The maximum Gasteiger partial charge on any atom is 0.285 e. The van der Waals surface area contributed by atoms with Crippen LogP contribution in [0.25, 0.3) is 0 Å². The molecular formula is C13H17ClFN3O3. The number of nitrogens with one attached hydrogen (secondary N) is 2. The quantitative estimate of drug-likeness (QED) is 0.660. The number of halogens is 2. The van der Waals surface area contributed by atoms with E-state index < -0.39 is 22.3 Å². The van der Waals surface area contributed by atoms with E-state index in [0.717, 1.165) is 37.6 Å². The van der Waals surface area contributed by atoms with E-state index in [-0.39, 0.29) is 30.1 Å². The number of carbonyl (C=O) groups is 1. The van der Waals surface area contributed by atoms with Crippen LogP contribution in [0.15, 0.2) is 18.2 Å². The van der Waals surface area contributed by atoms with Crippen LogP contribution in [0.3, 0.4) is 0 Å². The summed E-state index contributed by atoms with van der Waals surface area (Å²) in [7, 11) is 0. The lowest BCUT2D eigenvalue weighted by atomic mass is 10.00. The summed E-state index contributed by atoms with van der Waals surface area (Å²) in [6.07, 6.45) is 1.53. The predicted octanol–water partition coefficient (Wildman–Crippen LogP) is 2.03. The van der Waals surface area contributed by atoms with Crippen LogP contribution in [0.4, 0.5) is 10.1 Å². The van der Waals surface area contributed by atoms with E-state index in [1.165, 1.54) is 0 Å². The van der Waals surface area contributed by atoms with Gasteiger partial charge in [0.25, 0.3) is 11.6 Å². The molecule has 116 valence electrons.